The quantitative estimate of drug-likeness (QED) is 0.757. The molecule has 2 nitrogen and oxygen atoms in total. The van der Waals surface area contributed by atoms with Gasteiger partial charge in [0.2, 0.25) is 5.91 Å². The van der Waals surface area contributed by atoms with Crippen LogP contribution in [-0.2, 0) is 4.79 Å². The van der Waals surface area contributed by atoms with Crippen LogP contribution >= 0.6 is 0 Å². The second kappa shape index (κ2) is 7.16. The molecule has 0 saturated heterocycles. The zero-order chi connectivity index (χ0) is 13.6. The molecule has 1 saturated carbocycles. The number of hydrogen-bond donors (Lipinski definition) is 1. The predicted molar refractivity (Wildman–Crippen MR) is 77.4 cm³/mol. The van der Waals surface area contributed by atoms with E-state index in [1.165, 1.54) is 25.7 Å². The zero-order valence-electron chi connectivity index (χ0n) is 12.7. The fourth-order valence-electron chi connectivity index (χ4n) is 3.29. The molecule has 0 aromatic heterocycles. The summed E-state index contributed by atoms with van der Waals surface area (Å²) in [5.74, 6) is 1.20. The molecule has 1 unspecified atom stereocenters. The van der Waals surface area contributed by atoms with Crippen molar-refractivity contribution >= 4 is 5.91 Å². The highest BCUT2D eigenvalue weighted by molar-refractivity contribution is 5.78. The molecular formula is C16H31NO. The van der Waals surface area contributed by atoms with Crippen molar-refractivity contribution in [2.75, 3.05) is 6.54 Å². The van der Waals surface area contributed by atoms with Crippen molar-refractivity contribution in [3.8, 4) is 0 Å². The number of hydrogen-bond acceptors (Lipinski definition) is 1. The Labute approximate surface area is 113 Å². The number of nitrogens with one attached hydrogen (secondary N) is 1. The van der Waals surface area contributed by atoms with Gasteiger partial charge in [-0.15, -0.1) is 0 Å². The molecule has 1 aliphatic carbocycles. The molecule has 0 radical (unpaired) electrons. The third-order valence-corrected chi connectivity index (χ3v) is 4.37. The van der Waals surface area contributed by atoms with Gasteiger partial charge in [0.15, 0.2) is 0 Å². The summed E-state index contributed by atoms with van der Waals surface area (Å²) in [6, 6.07) is 0. The third-order valence-electron chi connectivity index (χ3n) is 4.37. The van der Waals surface area contributed by atoms with Crippen molar-refractivity contribution in [2.24, 2.45) is 17.3 Å². The second-order valence-electron chi connectivity index (χ2n) is 6.77. The molecule has 0 aliphatic heterocycles. The van der Waals surface area contributed by atoms with Crippen LogP contribution in [0.1, 0.15) is 72.6 Å². The van der Waals surface area contributed by atoms with Gasteiger partial charge in [-0.25, -0.2) is 0 Å². The van der Waals surface area contributed by atoms with Crippen molar-refractivity contribution in [3.63, 3.8) is 0 Å². The molecule has 1 fully saturated rings. The van der Waals surface area contributed by atoms with Crippen LogP contribution < -0.4 is 5.32 Å². The van der Waals surface area contributed by atoms with E-state index in [4.69, 9.17) is 0 Å². The lowest BCUT2D eigenvalue weighted by Gasteiger charge is -2.35. The summed E-state index contributed by atoms with van der Waals surface area (Å²) in [6.45, 7) is 9.87. The fourth-order valence-corrected chi connectivity index (χ4v) is 3.29. The molecule has 0 aromatic rings. The summed E-state index contributed by atoms with van der Waals surface area (Å²) in [5, 5.41) is 3.19. The monoisotopic (exact) mass is 253 g/mol. The van der Waals surface area contributed by atoms with Crippen molar-refractivity contribution in [1.29, 1.82) is 0 Å². The van der Waals surface area contributed by atoms with Gasteiger partial charge in [-0.1, -0.05) is 40.5 Å². The van der Waals surface area contributed by atoms with Crippen molar-refractivity contribution in [3.05, 3.63) is 0 Å². The van der Waals surface area contributed by atoms with Gasteiger partial charge in [-0.05, 0) is 43.4 Å². The maximum Gasteiger partial charge on any atom is 0.223 e. The van der Waals surface area contributed by atoms with E-state index in [9.17, 15) is 4.79 Å². The van der Waals surface area contributed by atoms with E-state index in [0.717, 1.165) is 25.8 Å². The lowest BCUT2D eigenvalue weighted by Crippen LogP contribution is -2.37. The minimum atomic E-state index is 0.228. The molecule has 1 aliphatic rings. The molecule has 18 heavy (non-hydrogen) atoms. The van der Waals surface area contributed by atoms with Gasteiger partial charge in [0.25, 0.3) is 0 Å². The van der Waals surface area contributed by atoms with Crippen LogP contribution in [0.5, 0.6) is 0 Å². The van der Waals surface area contributed by atoms with E-state index in [1.54, 1.807) is 0 Å². The zero-order valence-corrected chi connectivity index (χ0v) is 12.7. The molecule has 1 rings (SSSR count). The van der Waals surface area contributed by atoms with Crippen molar-refractivity contribution in [1.82, 2.24) is 5.32 Å². The van der Waals surface area contributed by atoms with Crippen molar-refractivity contribution < 1.29 is 4.79 Å². The first-order chi connectivity index (χ1) is 8.48. The van der Waals surface area contributed by atoms with Gasteiger partial charge in [0.05, 0.1) is 0 Å². The SMILES string of the molecule is CCCC(CC)C(=O)NC[C@H]1CCCC(C)(C)C1. The highest BCUT2D eigenvalue weighted by atomic mass is 16.1. The van der Waals surface area contributed by atoms with Gasteiger partial charge < -0.3 is 5.32 Å². The van der Waals surface area contributed by atoms with E-state index in [0.29, 0.717) is 11.3 Å². The van der Waals surface area contributed by atoms with E-state index in [2.05, 4.69) is 33.0 Å². The normalized spacial score (nSPS) is 24.6. The largest absolute Gasteiger partial charge is 0.356 e. The van der Waals surface area contributed by atoms with E-state index >= 15 is 0 Å². The number of carbonyl (C=O) groups excluding carboxylic acids is 1. The summed E-state index contributed by atoms with van der Waals surface area (Å²) in [5.41, 5.74) is 0.473. The summed E-state index contributed by atoms with van der Waals surface area (Å²) >= 11 is 0. The average molecular weight is 253 g/mol. The van der Waals surface area contributed by atoms with Gasteiger partial charge in [0.1, 0.15) is 0 Å². The molecular weight excluding hydrogens is 222 g/mol. The highest BCUT2D eigenvalue weighted by Gasteiger charge is 2.28. The topological polar surface area (TPSA) is 29.1 Å². The van der Waals surface area contributed by atoms with Crippen LogP contribution in [0.15, 0.2) is 0 Å². The first-order valence-corrected chi connectivity index (χ1v) is 7.76. The standard InChI is InChI=1S/C16H31NO/c1-5-8-14(6-2)15(18)17-12-13-9-7-10-16(3,4)11-13/h13-14H,5-12H2,1-4H3,(H,17,18)/t13-,14?/m0/s1. The Balaban J connectivity index is 2.33. The minimum Gasteiger partial charge on any atom is -0.356 e. The Morgan fingerprint density at radius 1 is 1.39 bits per heavy atom. The summed E-state index contributed by atoms with van der Waals surface area (Å²) in [7, 11) is 0. The lowest BCUT2D eigenvalue weighted by atomic mass is 9.72. The smallest absolute Gasteiger partial charge is 0.223 e. The maximum absolute atomic E-state index is 12.1. The predicted octanol–water partition coefficient (Wildman–Crippen LogP) is 4.15. The fraction of sp³-hybridized carbons (Fsp3) is 0.938. The molecule has 0 heterocycles. The first-order valence-electron chi connectivity index (χ1n) is 7.76. The number of rotatable bonds is 6. The van der Waals surface area contributed by atoms with Crippen LogP contribution in [0.4, 0.5) is 0 Å². The second-order valence-corrected chi connectivity index (χ2v) is 6.77. The Hall–Kier alpha value is -0.530. The van der Waals surface area contributed by atoms with Crippen LogP contribution in [0, 0.1) is 17.3 Å². The molecule has 0 bridgehead atoms. The minimum absolute atomic E-state index is 0.228. The molecule has 2 atom stereocenters. The Bertz CT molecular complexity index is 260. The summed E-state index contributed by atoms with van der Waals surface area (Å²) in [6.07, 6.45) is 8.30. The van der Waals surface area contributed by atoms with Crippen LogP contribution in [0.25, 0.3) is 0 Å². The average Bonchev–Trinajstić information content (AvgIpc) is 2.32. The lowest BCUT2D eigenvalue weighted by molar-refractivity contribution is -0.125. The van der Waals surface area contributed by atoms with Crippen LogP contribution in [0.2, 0.25) is 0 Å². The van der Waals surface area contributed by atoms with Crippen LogP contribution in [-0.4, -0.2) is 12.5 Å². The molecule has 106 valence electrons. The first kappa shape index (κ1) is 15.5. The summed E-state index contributed by atoms with van der Waals surface area (Å²) < 4.78 is 0. The summed E-state index contributed by atoms with van der Waals surface area (Å²) in [4.78, 5) is 12.1. The van der Waals surface area contributed by atoms with Crippen molar-refractivity contribution in [2.45, 2.75) is 72.6 Å². The maximum atomic E-state index is 12.1. The van der Waals surface area contributed by atoms with E-state index in [-0.39, 0.29) is 11.8 Å². The molecule has 1 N–H and O–H groups in total. The Kier molecular flexibility index (Phi) is 6.17. The number of carbonyl (C=O) groups is 1. The number of amides is 1. The van der Waals surface area contributed by atoms with E-state index in [1.807, 2.05) is 0 Å². The van der Waals surface area contributed by atoms with Gasteiger partial charge in [0, 0.05) is 12.5 Å². The Morgan fingerprint density at radius 2 is 2.11 bits per heavy atom. The van der Waals surface area contributed by atoms with Gasteiger partial charge in [-0.2, -0.15) is 0 Å². The molecule has 0 spiro atoms. The van der Waals surface area contributed by atoms with Gasteiger partial charge in [-0.3, -0.25) is 4.79 Å². The molecule has 2 heteroatoms. The van der Waals surface area contributed by atoms with E-state index < -0.39 is 0 Å². The van der Waals surface area contributed by atoms with Crippen LogP contribution in [0.3, 0.4) is 0 Å². The Morgan fingerprint density at radius 3 is 2.67 bits per heavy atom. The third kappa shape index (κ3) is 4.99. The highest BCUT2D eigenvalue weighted by Crippen LogP contribution is 2.38. The molecule has 0 aromatic carbocycles. The molecule has 1 amide bonds. The van der Waals surface area contributed by atoms with Gasteiger partial charge >= 0.3 is 0 Å².